The van der Waals surface area contributed by atoms with E-state index in [0.717, 1.165) is 15.9 Å². The number of rotatable bonds is 6. The summed E-state index contributed by atoms with van der Waals surface area (Å²) in [7, 11) is 1.85. The van der Waals surface area contributed by atoms with Crippen molar-refractivity contribution in [3.8, 4) is 0 Å². The number of hydrogen-bond acceptors (Lipinski definition) is 4. The Hall–Kier alpha value is -1.89. The van der Waals surface area contributed by atoms with Gasteiger partial charge in [0.15, 0.2) is 0 Å². The molecule has 2 N–H and O–H groups in total. The zero-order valence-electron chi connectivity index (χ0n) is 14.1. The third-order valence-electron chi connectivity index (χ3n) is 3.92. The smallest absolute Gasteiger partial charge is 0.329 e. The number of fused-ring (bicyclic) bond motifs is 1. The number of nitrogens with zero attached hydrogens (tertiary/aromatic N) is 2. The monoisotopic (exact) mass is 337 g/mol. The fourth-order valence-electron chi connectivity index (χ4n) is 2.64. The molecular formula is C16H23N3O3S. The van der Waals surface area contributed by atoms with E-state index in [4.69, 9.17) is 0 Å². The summed E-state index contributed by atoms with van der Waals surface area (Å²) in [5.41, 5.74) is -0.298. The number of carbonyl (C=O) groups excluding carboxylic acids is 1. The summed E-state index contributed by atoms with van der Waals surface area (Å²) in [6, 6.07) is 1.81. The Morgan fingerprint density at radius 1 is 1.48 bits per heavy atom. The van der Waals surface area contributed by atoms with Gasteiger partial charge in [0, 0.05) is 12.4 Å². The number of aliphatic carboxylic acids is 1. The fraction of sp³-hybridized carbons (Fsp3) is 0.562. The lowest BCUT2D eigenvalue weighted by molar-refractivity contribution is -0.144. The van der Waals surface area contributed by atoms with E-state index in [9.17, 15) is 14.7 Å². The van der Waals surface area contributed by atoms with E-state index in [1.54, 1.807) is 11.6 Å². The van der Waals surface area contributed by atoms with Crippen LogP contribution in [0, 0.1) is 0 Å². The number of carboxylic acid groups (broad SMARTS) is 1. The first-order valence-electron chi connectivity index (χ1n) is 7.72. The van der Waals surface area contributed by atoms with Gasteiger partial charge in [-0.25, -0.2) is 4.79 Å². The summed E-state index contributed by atoms with van der Waals surface area (Å²) in [5.74, 6) is -1.11. The molecule has 2 aromatic heterocycles. The van der Waals surface area contributed by atoms with Crippen LogP contribution in [0.25, 0.3) is 10.2 Å². The molecule has 2 heterocycles. The van der Waals surface area contributed by atoms with Crippen LogP contribution in [-0.4, -0.2) is 32.3 Å². The highest BCUT2D eigenvalue weighted by molar-refractivity contribution is 7.20. The summed E-state index contributed by atoms with van der Waals surface area (Å²) >= 11 is 1.34. The molecule has 0 aliphatic rings. The SMILES string of the molecule is CCCC(C)(NC(=O)c1cc2c(C(C)C)nn(C)c2s1)C(=O)O. The Morgan fingerprint density at radius 3 is 2.65 bits per heavy atom. The zero-order valence-corrected chi connectivity index (χ0v) is 15.0. The third kappa shape index (κ3) is 3.24. The van der Waals surface area contributed by atoms with Crippen molar-refractivity contribution >= 4 is 33.4 Å². The maximum atomic E-state index is 12.5. The second-order valence-electron chi connectivity index (χ2n) is 6.33. The van der Waals surface area contributed by atoms with Crippen LogP contribution < -0.4 is 5.32 Å². The van der Waals surface area contributed by atoms with Crippen molar-refractivity contribution in [2.75, 3.05) is 0 Å². The summed E-state index contributed by atoms with van der Waals surface area (Å²) < 4.78 is 1.77. The quantitative estimate of drug-likeness (QED) is 0.848. The molecule has 0 saturated carbocycles. The molecule has 2 rings (SSSR count). The van der Waals surface area contributed by atoms with Crippen molar-refractivity contribution < 1.29 is 14.7 Å². The topological polar surface area (TPSA) is 84.2 Å². The van der Waals surface area contributed by atoms with E-state index in [1.807, 2.05) is 20.0 Å². The normalized spacial score (nSPS) is 14.2. The minimum absolute atomic E-state index is 0.258. The number of hydrogen-bond donors (Lipinski definition) is 2. The fourth-order valence-corrected chi connectivity index (χ4v) is 3.61. The maximum Gasteiger partial charge on any atom is 0.329 e. The number of aryl methyl sites for hydroxylation is 1. The van der Waals surface area contributed by atoms with Crippen LogP contribution in [0.15, 0.2) is 6.07 Å². The maximum absolute atomic E-state index is 12.5. The van der Waals surface area contributed by atoms with E-state index in [0.29, 0.717) is 17.7 Å². The molecule has 0 radical (unpaired) electrons. The van der Waals surface area contributed by atoms with E-state index >= 15 is 0 Å². The lowest BCUT2D eigenvalue weighted by atomic mass is 9.96. The van der Waals surface area contributed by atoms with Crippen molar-refractivity contribution in [2.45, 2.75) is 52.0 Å². The van der Waals surface area contributed by atoms with Gasteiger partial charge in [0.1, 0.15) is 10.4 Å². The molecule has 1 amide bonds. The summed E-state index contributed by atoms with van der Waals surface area (Å²) in [6.45, 7) is 7.56. The van der Waals surface area contributed by atoms with Crippen molar-refractivity contribution in [3.05, 3.63) is 16.6 Å². The Labute approximate surface area is 139 Å². The number of carbonyl (C=O) groups is 2. The summed E-state index contributed by atoms with van der Waals surface area (Å²) in [6.07, 6.45) is 1.06. The first kappa shape index (κ1) is 17.5. The molecular weight excluding hydrogens is 314 g/mol. The lowest BCUT2D eigenvalue weighted by Gasteiger charge is -2.25. The Balaban J connectivity index is 2.35. The highest BCUT2D eigenvalue weighted by atomic mass is 32.1. The highest BCUT2D eigenvalue weighted by Crippen LogP contribution is 2.31. The average molecular weight is 337 g/mol. The first-order valence-corrected chi connectivity index (χ1v) is 8.53. The average Bonchev–Trinajstić information content (AvgIpc) is 2.99. The van der Waals surface area contributed by atoms with Crippen LogP contribution in [0.5, 0.6) is 0 Å². The van der Waals surface area contributed by atoms with E-state index < -0.39 is 11.5 Å². The van der Waals surface area contributed by atoms with Crippen LogP contribution >= 0.6 is 11.3 Å². The van der Waals surface area contributed by atoms with Gasteiger partial charge in [0.2, 0.25) is 0 Å². The van der Waals surface area contributed by atoms with Gasteiger partial charge in [-0.2, -0.15) is 5.10 Å². The Kier molecular flexibility index (Phi) is 4.79. The Bertz CT molecular complexity index is 747. The predicted octanol–water partition coefficient (Wildman–Crippen LogP) is 3.13. The standard InChI is InChI=1S/C16H23N3O3S/c1-6-7-16(4,15(21)22)17-13(20)11-8-10-12(9(2)3)18-19(5)14(10)23-11/h8-9H,6-7H2,1-5H3,(H,17,20)(H,21,22). The molecule has 126 valence electrons. The van der Waals surface area contributed by atoms with Gasteiger partial charge in [-0.05, 0) is 25.3 Å². The van der Waals surface area contributed by atoms with Gasteiger partial charge in [-0.3, -0.25) is 9.48 Å². The first-order chi connectivity index (χ1) is 10.7. The van der Waals surface area contributed by atoms with E-state index in [2.05, 4.69) is 24.3 Å². The number of thiophene rings is 1. The van der Waals surface area contributed by atoms with Gasteiger partial charge in [-0.1, -0.05) is 27.2 Å². The molecule has 0 aliphatic heterocycles. The van der Waals surface area contributed by atoms with Crippen LogP contribution in [-0.2, 0) is 11.8 Å². The molecule has 0 aliphatic carbocycles. The molecule has 0 aromatic carbocycles. The largest absolute Gasteiger partial charge is 0.480 e. The van der Waals surface area contributed by atoms with E-state index in [1.165, 1.54) is 11.3 Å². The summed E-state index contributed by atoms with van der Waals surface area (Å²) in [5, 5.41) is 17.5. The van der Waals surface area contributed by atoms with Crippen LogP contribution in [0.3, 0.4) is 0 Å². The van der Waals surface area contributed by atoms with Crippen LogP contribution in [0.2, 0.25) is 0 Å². The Morgan fingerprint density at radius 2 is 2.13 bits per heavy atom. The van der Waals surface area contributed by atoms with Gasteiger partial charge in [0.05, 0.1) is 10.6 Å². The molecule has 0 fully saturated rings. The number of amides is 1. The molecule has 6 nitrogen and oxygen atoms in total. The molecule has 2 aromatic rings. The lowest BCUT2D eigenvalue weighted by Crippen LogP contribution is -2.51. The second kappa shape index (κ2) is 6.31. The van der Waals surface area contributed by atoms with Crippen LogP contribution in [0.4, 0.5) is 0 Å². The van der Waals surface area contributed by atoms with Gasteiger partial charge in [0.25, 0.3) is 5.91 Å². The van der Waals surface area contributed by atoms with Crippen molar-refractivity contribution in [3.63, 3.8) is 0 Å². The highest BCUT2D eigenvalue weighted by Gasteiger charge is 2.34. The summed E-state index contributed by atoms with van der Waals surface area (Å²) in [4.78, 5) is 25.4. The van der Waals surface area contributed by atoms with Crippen LogP contribution in [0.1, 0.15) is 61.8 Å². The third-order valence-corrected chi connectivity index (χ3v) is 5.12. The minimum Gasteiger partial charge on any atom is -0.480 e. The van der Waals surface area contributed by atoms with Crippen molar-refractivity contribution in [1.29, 1.82) is 0 Å². The molecule has 0 bridgehead atoms. The minimum atomic E-state index is -1.25. The van der Waals surface area contributed by atoms with Gasteiger partial charge < -0.3 is 10.4 Å². The predicted molar refractivity (Wildman–Crippen MR) is 91.1 cm³/mol. The number of aromatic nitrogens is 2. The second-order valence-corrected chi connectivity index (χ2v) is 7.37. The molecule has 1 atom stereocenters. The number of nitrogens with one attached hydrogen (secondary N) is 1. The molecule has 23 heavy (non-hydrogen) atoms. The van der Waals surface area contributed by atoms with Gasteiger partial charge in [-0.15, -0.1) is 11.3 Å². The zero-order chi connectivity index (χ0) is 17.4. The molecule has 0 saturated heterocycles. The van der Waals surface area contributed by atoms with E-state index in [-0.39, 0.29) is 11.8 Å². The molecule has 1 unspecified atom stereocenters. The van der Waals surface area contributed by atoms with Gasteiger partial charge >= 0.3 is 5.97 Å². The molecule has 7 heteroatoms. The number of carboxylic acids is 1. The van der Waals surface area contributed by atoms with Crippen molar-refractivity contribution in [2.24, 2.45) is 7.05 Å². The molecule has 0 spiro atoms. The van der Waals surface area contributed by atoms with Crippen molar-refractivity contribution in [1.82, 2.24) is 15.1 Å².